The van der Waals surface area contributed by atoms with Crippen LogP contribution in [0.2, 0.25) is 0 Å². The average Bonchev–Trinajstić information content (AvgIpc) is 2.38. The molecule has 2 fully saturated rings. The Morgan fingerprint density at radius 1 is 1.25 bits per heavy atom. The standard InChI is InChI=1S/C17H35N3/c1-6-7-15-12-20(17(10-18-15)13(2)3)16-8-9-19(5)11-14(16)4/h13-18H,6-12H2,1-5H3. The molecule has 3 nitrogen and oxygen atoms in total. The third-order valence-corrected chi connectivity index (χ3v) is 5.37. The van der Waals surface area contributed by atoms with Gasteiger partial charge < -0.3 is 10.2 Å². The second kappa shape index (κ2) is 7.24. The van der Waals surface area contributed by atoms with E-state index < -0.39 is 0 Å². The molecule has 4 atom stereocenters. The number of piperazine rings is 1. The molecule has 0 aromatic rings. The Hall–Kier alpha value is -0.120. The van der Waals surface area contributed by atoms with Crippen molar-refractivity contribution in [2.75, 3.05) is 33.2 Å². The summed E-state index contributed by atoms with van der Waals surface area (Å²) in [5, 5.41) is 3.79. The van der Waals surface area contributed by atoms with Crippen molar-refractivity contribution < 1.29 is 0 Å². The zero-order valence-electron chi connectivity index (χ0n) is 14.2. The normalized spacial score (nSPS) is 37.5. The number of nitrogens with one attached hydrogen (secondary N) is 1. The van der Waals surface area contributed by atoms with E-state index in [1.165, 1.54) is 45.4 Å². The van der Waals surface area contributed by atoms with Gasteiger partial charge in [0, 0.05) is 37.8 Å². The van der Waals surface area contributed by atoms with Crippen molar-refractivity contribution in [1.29, 1.82) is 0 Å². The minimum Gasteiger partial charge on any atom is -0.311 e. The molecule has 2 aliphatic heterocycles. The summed E-state index contributed by atoms with van der Waals surface area (Å²) in [6.07, 6.45) is 3.96. The van der Waals surface area contributed by atoms with Crippen LogP contribution in [0, 0.1) is 11.8 Å². The molecule has 2 rings (SSSR count). The highest BCUT2D eigenvalue weighted by Crippen LogP contribution is 2.28. The molecule has 0 amide bonds. The molecule has 0 bridgehead atoms. The van der Waals surface area contributed by atoms with Crippen LogP contribution in [0.3, 0.4) is 0 Å². The fourth-order valence-electron chi connectivity index (χ4n) is 4.24. The first-order valence-corrected chi connectivity index (χ1v) is 8.70. The first-order valence-electron chi connectivity index (χ1n) is 8.70. The van der Waals surface area contributed by atoms with Crippen molar-refractivity contribution in [3.63, 3.8) is 0 Å². The molecule has 2 heterocycles. The summed E-state index contributed by atoms with van der Waals surface area (Å²) in [5.41, 5.74) is 0. The molecule has 2 saturated heterocycles. The smallest absolute Gasteiger partial charge is 0.0247 e. The van der Waals surface area contributed by atoms with E-state index in [2.05, 4.69) is 49.9 Å². The summed E-state index contributed by atoms with van der Waals surface area (Å²) < 4.78 is 0. The van der Waals surface area contributed by atoms with Gasteiger partial charge in [-0.25, -0.2) is 0 Å². The average molecular weight is 281 g/mol. The third-order valence-electron chi connectivity index (χ3n) is 5.37. The maximum absolute atomic E-state index is 3.79. The Morgan fingerprint density at radius 2 is 2.00 bits per heavy atom. The highest BCUT2D eigenvalue weighted by molar-refractivity contribution is 4.94. The van der Waals surface area contributed by atoms with E-state index in [0.29, 0.717) is 6.04 Å². The van der Waals surface area contributed by atoms with E-state index in [1.807, 2.05) is 0 Å². The predicted octanol–water partition coefficient (Wildman–Crippen LogP) is 2.43. The van der Waals surface area contributed by atoms with Crippen molar-refractivity contribution in [2.45, 2.75) is 65.1 Å². The maximum atomic E-state index is 3.79. The number of hydrogen-bond donors (Lipinski definition) is 1. The topological polar surface area (TPSA) is 18.5 Å². The van der Waals surface area contributed by atoms with Gasteiger partial charge in [0.15, 0.2) is 0 Å². The van der Waals surface area contributed by atoms with Gasteiger partial charge in [-0.2, -0.15) is 0 Å². The first kappa shape index (κ1) is 16.3. The van der Waals surface area contributed by atoms with Crippen LogP contribution in [0.25, 0.3) is 0 Å². The highest BCUT2D eigenvalue weighted by Gasteiger charge is 2.37. The Balaban J connectivity index is 2.06. The van der Waals surface area contributed by atoms with E-state index in [4.69, 9.17) is 0 Å². The molecule has 1 N–H and O–H groups in total. The van der Waals surface area contributed by atoms with Crippen LogP contribution < -0.4 is 5.32 Å². The first-order chi connectivity index (χ1) is 9.52. The lowest BCUT2D eigenvalue weighted by Gasteiger charge is -2.50. The van der Waals surface area contributed by atoms with Gasteiger partial charge in [0.1, 0.15) is 0 Å². The van der Waals surface area contributed by atoms with Crippen molar-refractivity contribution in [3.05, 3.63) is 0 Å². The molecule has 118 valence electrons. The van der Waals surface area contributed by atoms with Gasteiger partial charge in [0.05, 0.1) is 0 Å². The number of piperidine rings is 1. The van der Waals surface area contributed by atoms with Gasteiger partial charge >= 0.3 is 0 Å². The van der Waals surface area contributed by atoms with Gasteiger partial charge in [-0.3, -0.25) is 4.90 Å². The fraction of sp³-hybridized carbons (Fsp3) is 1.00. The lowest BCUT2D eigenvalue weighted by molar-refractivity contribution is 0.000633. The lowest BCUT2D eigenvalue weighted by Crippen LogP contribution is -2.63. The quantitative estimate of drug-likeness (QED) is 0.854. The number of rotatable bonds is 4. The molecule has 2 aliphatic rings. The van der Waals surface area contributed by atoms with Crippen molar-refractivity contribution in [1.82, 2.24) is 15.1 Å². The van der Waals surface area contributed by atoms with E-state index in [0.717, 1.165) is 23.9 Å². The molecular weight excluding hydrogens is 246 g/mol. The fourth-order valence-corrected chi connectivity index (χ4v) is 4.24. The lowest BCUT2D eigenvalue weighted by atomic mass is 9.87. The number of hydrogen-bond acceptors (Lipinski definition) is 3. The summed E-state index contributed by atoms with van der Waals surface area (Å²) in [6, 6.07) is 2.22. The molecule has 0 saturated carbocycles. The van der Waals surface area contributed by atoms with Crippen LogP contribution >= 0.6 is 0 Å². The van der Waals surface area contributed by atoms with Gasteiger partial charge in [-0.1, -0.05) is 34.1 Å². The van der Waals surface area contributed by atoms with Gasteiger partial charge in [0.25, 0.3) is 0 Å². The molecule has 0 aromatic heterocycles. The van der Waals surface area contributed by atoms with Crippen LogP contribution in [0.5, 0.6) is 0 Å². The molecule has 4 unspecified atom stereocenters. The summed E-state index contributed by atoms with van der Waals surface area (Å²) >= 11 is 0. The predicted molar refractivity (Wildman–Crippen MR) is 87.1 cm³/mol. The van der Waals surface area contributed by atoms with Crippen LogP contribution in [0.15, 0.2) is 0 Å². The summed E-state index contributed by atoms with van der Waals surface area (Å²) in [5.74, 6) is 1.55. The number of nitrogens with zero attached hydrogens (tertiary/aromatic N) is 2. The maximum Gasteiger partial charge on any atom is 0.0247 e. The zero-order chi connectivity index (χ0) is 14.7. The van der Waals surface area contributed by atoms with Crippen molar-refractivity contribution >= 4 is 0 Å². The van der Waals surface area contributed by atoms with E-state index in [-0.39, 0.29) is 0 Å². The minimum absolute atomic E-state index is 0.710. The molecule has 20 heavy (non-hydrogen) atoms. The van der Waals surface area contributed by atoms with Crippen molar-refractivity contribution in [2.24, 2.45) is 11.8 Å². The van der Waals surface area contributed by atoms with Crippen LogP contribution in [0.1, 0.15) is 47.0 Å². The second-order valence-corrected chi connectivity index (χ2v) is 7.50. The third kappa shape index (κ3) is 3.75. The Bertz CT molecular complexity index is 292. The van der Waals surface area contributed by atoms with Crippen LogP contribution in [-0.4, -0.2) is 61.2 Å². The Kier molecular flexibility index (Phi) is 5.88. The molecule has 0 spiro atoms. The summed E-state index contributed by atoms with van der Waals surface area (Å²) in [7, 11) is 2.27. The van der Waals surface area contributed by atoms with E-state index in [9.17, 15) is 0 Å². The highest BCUT2D eigenvalue weighted by atomic mass is 15.3. The van der Waals surface area contributed by atoms with Crippen LogP contribution in [-0.2, 0) is 0 Å². The van der Waals surface area contributed by atoms with E-state index in [1.54, 1.807) is 0 Å². The van der Waals surface area contributed by atoms with Crippen LogP contribution in [0.4, 0.5) is 0 Å². The Labute approximate surface area is 126 Å². The second-order valence-electron chi connectivity index (χ2n) is 7.50. The van der Waals surface area contributed by atoms with Crippen molar-refractivity contribution in [3.8, 4) is 0 Å². The van der Waals surface area contributed by atoms with Gasteiger partial charge in [-0.15, -0.1) is 0 Å². The Morgan fingerprint density at radius 3 is 2.60 bits per heavy atom. The summed E-state index contributed by atoms with van der Waals surface area (Å²) in [4.78, 5) is 5.37. The molecule has 0 aromatic carbocycles. The van der Waals surface area contributed by atoms with E-state index >= 15 is 0 Å². The zero-order valence-corrected chi connectivity index (χ0v) is 14.2. The molecule has 0 radical (unpaired) electrons. The van der Waals surface area contributed by atoms with Gasteiger partial charge in [0.2, 0.25) is 0 Å². The largest absolute Gasteiger partial charge is 0.311 e. The molecule has 3 heteroatoms. The molecular formula is C17H35N3. The molecule has 0 aliphatic carbocycles. The summed E-state index contributed by atoms with van der Waals surface area (Å²) in [6.45, 7) is 14.5. The minimum atomic E-state index is 0.710. The SMILES string of the molecule is CCCC1CN(C2CCN(C)CC2C)C(C(C)C)CN1. The van der Waals surface area contributed by atoms with Gasteiger partial charge in [-0.05, 0) is 38.3 Å². The number of likely N-dealkylation sites (tertiary alicyclic amines) is 1. The monoisotopic (exact) mass is 281 g/mol.